The fraction of sp³-hybridized carbons (Fsp3) is 0.269. The normalized spacial score (nSPS) is 10.7. The smallest absolute Gasteiger partial charge is 0.247 e. The molecule has 35 heavy (non-hydrogen) atoms. The lowest BCUT2D eigenvalue weighted by molar-refractivity contribution is -0.111. The van der Waals surface area contributed by atoms with Crippen molar-refractivity contribution >= 4 is 34.8 Å². The molecule has 3 rings (SSSR count). The Kier molecular flexibility index (Phi) is 9.46. The van der Waals surface area contributed by atoms with E-state index in [2.05, 4.69) is 52.2 Å². The summed E-state index contributed by atoms with van der Waals surface area (Å²) in [4.78, 5) is 22.4. The number of amides is 1. The van der Waals surface area contributed by atoms with Crippen molar-refractivity contribution in [3.05, 3.63) is 71.9 Å². The average Bonchev–Trinajstić information content (AvgIpc) is 2.84. The third kappa shape index (κ3) is 7.98. The Labute approximate surface area is 210 Å². The Morgan fingerprint density at radius 3 is 2.77 bits per heavy atom. The van der Waals surface area contributed by atoms with Crippen molar-refractivity contribution in [1.29, 1.82) is 0 Å². The number of carbonyl (C=O) groups is 1. The van der Waals surface area contributed by atoms with E-state index in [9.17, 15) is 4.79 Å². The molecule has 0 atom stereocenters. The highest BCUT2D eigenvalue weighted by Crippen LogP contribution is 2.32. The van der Waals surface area contributed by atoms with Crippen molar-refractivity contribution in [3.63, 3.8) is 0 Å². The highest BCUT2D eigenvalue weighted by Gasteiger charge is 2.12. The van der Waals surface area contributed by atoms with E-state index < -0.39 is 0 Å². The van der Waals surface area contributed by atoms with Gasteiger partial charge in [-0.2, -0.15) is 4.98 Å². The van der Waals surface area contributed by atoms with Gasteiger partial charge in [0, 0.05) is 11.8 Å². The maximum atomic E-state index is 11.6. The molecule has 8 nitrogen and oxygen atoms in total. The van der Waals surface area contributed by atoms with Crippen LogP contribution < -0.4 is 20.1 Å². The summed E-state index contributed by atoms with van der Waals surface area (Å²) in [6.45, 7) is 4.52. The van der Waals surface area contributed by atoms with Crippen molar-refractivity contribution in [3.8, 4) is 17.4 Å². The first-order chi connectivity index (χ1) is 16.9. The highest BCUT2D eigenvalue weighted by atomic mass is 35.5. The maximum Gasteiger partial charge on any atom is 0.247 e. The SMILES string of the molecule is C=CC(=O)Nc1cccc(Oc2nc(Nc3ccc(CCCCN(C)C)cc3OC)ncc2Cl)c1. The van der Waals surface area contributed by atoms with E-state index in [0.29, 0.717) is 23.1 Å². The second kappa shape index (κ2) is 12.7. The Bertz CT molecular complexity index is 1170. The zero-order valence-corrected chi connectivity index (χ0v) is 20.9. The number of ether oxygens (including phenoxy) is 2. The van der Waals surface area contributed by atoms with Crippen molar-refractivity contribution in [1.82, 2.24) is 14.9 Å². The molecule has 2 aromatic carbocycles. The number of hydrogen-bond acceptors (Lipinski definition) is 7. The summed E-state index contributed by atoms with van der Waals surface area (Å²) in [7, 11) is 5.80. The molecule has 184 valence electrons. The van der Waals surface area contributed by atoms with E-state index in [4.69, 9.17) is 21.1 Å². The lowest BCUT2D eigenvalue weighted by Gasteiger charge is -2.14. The predicted molar refractivity (Wildman–Crippen MR) is 140 cm³/mol. The molecule has 0 radical (unpaired) electrons. The molecule has 0 aliphatic heterocycles. The van der Waals surface area contributed by atoms with Crippen LogP contribution >= 0.6 is 11.6 Å². The molecular weight excluding hydrogens is 466 g/mol. The van der Waals surface area contributed by atoms with E-state index in [1.807, 2.05) is 12.1 Å². The van der Waals surface area contributed by atoms with Gasteiger partial charge >= 0.3 is 0 Å². The number of aromatic nitrogens is 2. The Morgan fingerprint density at radius 2 is 2.03 bits per heavy atom. The van der Waals surface area contributed by atoms with Crippen LogP contribution in [0.1, 0.15) is 18.4 Å². The van der Waals surface area contributed by atoms with Gasteiger partial charge < -0.3 is 25.0 Å². The molecule has 0 fully saturated rings. The molecule has 0 aliphatic rings. The number of unbranched alkanes of at least 4 members (excludes halogenated alkanes) is 1. The summed E-state index contributed by atoms with van der Waals surface area (Å²) in [5.41, 5.74) is 2.49. The predicted octanol–water partition coefficient (Wildman–Crippen LogP) is 5.68. The van der Waals surface area contributed by atoms with Crippen LogP contribution in [0.15, 0.2) is 61.3 Å². The number of methoxy groups -OCH3 is 1. The number of hydrogen-bond donors (Lipinski definition) is 2. The van der Waals surface area contributed by atoms with Crippen LogP contribution in [-0.2, 0) is 11.2 Å². The lowest BCUT2D eigenvalue weighted by atomic mass is 10.1. The second-order valence-electron chi connectivity index (χ2n) is 8.09. The van der Waals surface area contributed by atoms with Crippen LogP contribution in [0.2, 0.25) is 5.02 Å². The Balaban J connectivity index is 1.71. The van der Waals surface area contributed by atoms with E-state index in [1.54, 1.807) is 31.4 Å². The molecule has 1 amide bonds. The molecular formula is C26H30ClN5O3. The van der Waals surface area contributed by atoms with Crippen LogP contribution in [0, 0.1) is 0 Å². The van der Waals surface area contributed by atoms with Gasteiger partial charge in [-0.15, -0.1) is 0 Å². The van der Waals surface area contributed by atoms with Gasteiger partial charge in [0.2, 0.25) is 17.7 Å². The van der Waals surface area contributed by atoms with Gasteiger partial charge in [-0.05, 0) is 75.8 Å². The van der Waals surface area contributed by atoms with E-state index in [0.717, 1.165) is 31.5 Å². The summed E-state index contributed by atoms with van der Waals surface area (Å²) in [5.74, 6) is 1.31. The van der Waals surface area contributed by atoms with Crippen LogP contribution in [-0.4, -0.2) is 48.5 Å². The zero-order valence-electron chi connectivity index (χ0n) is 20.2. The standard InChI is InChI=1S/C26H30ClN5O3/c1-5-24(33)29-19-10-8-11-20(16-19)35-25-21(27)17-28-26(31-25)30-22-13-12-18(15-23(22)34-4)9-6-7-14-32(2)3/h5,8,10-13,15-17H,1,6-7,9,14H2,2-4H3,(H,29,33)(H,28,30,31). The van der Waals surface area contributed by atoms with Gasteiger partial charge in [0.1, 0.15) is 16.5 Å². The third-order valence-corrected chi connectivity index (χ3v) is 5.31. The van der Waals surface area contributed by atoms with Crippen LogP contribution in [0.3, 0.4) is 0 Å². The Hall–Kier alpha value is -3.62. The number of rotatable bonds is 12. The molecule has 1 heterocycles. The van der Waals surface area contributed by atoms with E-state index >= 15 is 0 Å². The van der Waals surface area contributed by atoms with Gasteiger partial charge in [-0.25, -0.2) is 4.98 Å². The van der Waals surface area contributed by atoms with Crippen LogP contribution in [0.5, 0.6) is 17.4 Å². The molecule has 0 bridgehead atoms. The first kappa shape index (κ1) is 26.0. The number of nitrogens with zero attached hydrogens (tertiary/aromatic N) is 3. The van der Waals surface area contributed by atoms with Crippen molar-refractivity contribution < 1.29 is 14.3 Å². The topological polar surface area (TPSA) is 88.6 Å². The van der Waals surface area contributed by atoms with Crippen molar-refractivity contribution in [2.45, 2.75) is 19.3 Å². The number of halogens is 1. The summed E-state index contributed by atoms with van der Waals surface area (Å²) in [6, 6.07) is 12.9. The number of carbonyl (C=O) groups excluding carboxylic acids is 1. The molecule has 0 unspecified atom stereocenters. The summed E-state index contributed by atoms with van der Waals surface area (Å²) in [5, 5.41) is 6.10. The third-order valence-electron chi connectivity index (χ3n) is 5.05. The zero-order chi connectivity index (χ0) is 25.2. The molecule has 1 aromatic heterocycles. The van der Waals surface area contributed by atoms with Gasteiger partial charge in [0.15, 0.2) is 0 Å². The fourth-order valence-corrected chi connectivity index (χ4v) is 3.43. The number of nitrogens with one attached hydrogen (secondary N) is 2. The minimum absolute atomic E-state index is 0.174. The fourth-order valence-electron chi connectivity index (χ4n) is 3.30. The minimum Gasteiger partial charge on any atom is -0.495 e. The lowest BCUT2D eigenvalue weighted by Crippen LogP contribution is -2.12. The molecule has 2 N–H and O–H groups in total. The quantitative estimate of drug-likeness (QED) is 0.246. The first-order valence-electron chi connectivity index (χ1n) is 11.2. The second-order valence-corrected chi connectivity index (χ2v) is 8.50. The Morgan fingerprint density at radius 1 is 1.20 bits per heavy atom. The van der Waals surface area contributed by atoms with E-state index in [1.165, 1.54) is 17.8 Å². The van der Waals surface area contributed by atoms with Crippen molar-refractivity contribution in [2.24, 2.45) is 0 Å². The van der Waals surface area contributed by atoms with Gasteiger partial charge in [0.25, 0.3) is 0 Å². The van der Waals surface area contributed by atoms with Crippen LogP contribution in [0.4, 0.5) is 17.3 Å². The highest BCUT2D eigenvalue weighted by molar-refractivity contribution is 6.31. The number of benzene rings is 2. The average molecular weight is 496 g/mol. The van der Waals surface area contributed by atoms with E-state index in [-0.39, 0.29) is 16.8 Å². The molecule has 0 spiro atoms. The van der Waals surface area contributed by atoms with Crippen molar-refractivity contribution in [2.75, 3.05) is 38.4 Å². The van der Waals surface area contributed by atoms with Crippen LogP contribution in [0.25, 0.3) is 0 Å². The summed E-state index contributed by atoms with van der Waals surface area (Å²) >= 11 is 6.27. The molecule has 3 aromatic rings. The van der Waals surface area contributed by atoms with Gasteiger partial charge in [-0.1, -0.05) is 30.3 Å². The molecule has 0 saturated heterocycles. The monoisotopic (exact) mass is 495 g/mol. The maximum absolute atomic E-state index is 11.6. The number of aryl methyl sites for hydroxylation is 1. The molecule has 0 aliphatic carbocycles. The van der Waals surface area contributed by atoms with Gasteiger partial charge in [0.05, 0.1) is 19.0 Å². The largest absolute Gasteiger partial charge is 0.495 e. The van der Waals surface area contributed by atoms with Gasteiger partial charge in [-0.3, -0.25) is 4.79 Å². The molecule has 9 heteroatoms. The first-order valence-corrected chi connectivity index (χ1v) is 11.6. The minimum atomic E-state index is -0.317. The number of anilines is 3. The molecule has 0 saturated carbocycles. The summed E-state index contributed by atoms with van der Waals surface area (Å²) < 4.78 is 11.4. The summed E-state index contributed by atoms with van der Waals surface area (Å²) in [6.07, 6.45) is 5.87.